The number of anilines is 1. The summed E-state index contributed by atoms with van der Waals surface area (Å²) in [6.07, 6.45) is 3.17. The SMILES string of the molecule is CCc1cn2c(n1)NCC(C)C2. The van der Waals surface area contributed by atoms with E-state index in [1.165, 1.54) is 5.69 Å². The number of aromatic nitrogens is 2. The van der Waals surface area contributed by atoms with Gasteiger partial charge >= 0.3 is 0 Å². The molecule has 1 aliphatic rings. The highest BCUT2D eigenvalue weighted by Crippen LogP contribution is 2.17. The van der Waals surface area contributed by atoms with E-state index in [0.29, 0.717) is 0 Å². The van der Waals surface area contributed by atoms with Crippen molar-refractivity contribution in [3.05, 3.63) is 11.9 Å². The van der Waals surface area contributed by atoms with Gasteiger partial charge in [-0.3, -0.25) is 0 Å². The third kappa shape index (κ3) is 1.19. The maximum Gasteiger partial charge on any atom is 0.203 e. The zero-order chi connectivity index (χ0) is 8.55. The Bertz CT molecular complexity index is 277. The van der Waals surface area contributed by atoms with Gasteiger partial charge in [-0.15, -0.1) is 0 Å². The Morgan fingerprint density at radius 1 is 1.75 bits per heavy atom. The maximum atomic E-state index is 4.46. The second-order valence-electron chi connectivity index (χ2n) is 3.55. The molecule has 12 heavy (non-hydrogen) atoms. The average molecular weight is 165 g/mol. The van der Waals surface area contributed by atoms with Crippen molar-refractivity contribution in [3.8, 4) is 0 Å². The average Bonchev–Trinajstić information content (AvgIpc) is 2.46. The molecular weight excluding hydrogens is 150 g/mol. The summed E-state index contributed by atoms with van der Waals surface area (Å²) in [6.45, 7) is 6.55. The molecule has 3 nitrogen and oxygen atoms in total. The van der Waals surface area contributed by atoms with Crippen LogP contribution in [0.1, 0.15) is 19.5 Å². The smallest absolute Gasteiger partial charge is 0.203 e. The Hall–Kier alpha value is -0.990. The summed E-state index contributed by atoms with van der Waals surface area (Å²) < 4.78 is 2.22. The number of nitrogens with zero attached hydrogens (tertiary/aromatic N) is 2. The second kappa shape index (κ2) is 2.81. The first-order chi connectivity index (χ1) is 5.79. The standard InChI is InChI=1S/C9H15N3/c1-3-8-6-12-5-7(2)4-10-9(12)11-8/h6-7H,3-5H2,1-2H3,(H,10,11). The molecular formula is C9H15N3. The van der Waals surface area contributed by atoms with Gasteiger partial charge in [-0.2, -0.15) is 0 Å². The molecule has 0 amide bonds. The Kier molecular flexibility index (Phi) is 1.79. The molecule has 1 aliphatic heterocycles. The zero-order valence-electron chi connectivity index (χ0n) is 7.67. The molecule has 3 heteroatoms. The van der Waals surface area contributed by atoms with E-state index in [0.717, 1.165) is 31.4 Å². The number of hydrogen-bond donors (Lipinski definition) is 1. The summed E-state index contributed by atoms with van der Waals surface area (Å²) in [5.74, 6) is 1.77. The minimum Gasteiger partial charge on any atom is -0.355 e. The van der Waals surface area contributed by atoms with Crippen LogP contribution in [0, 0.1) is 5.92 Å². The molecule has 0 radical (unpaired) electrons. The van der Waals surface area contributed by atoms with E-state index < -0.39 is 0 Å². The molecule has 0 aromatic carbocycles. The van der Waals surface area contributed by atoms with Crippen LogP contribution in [0.25, 0.3) is 0 Å². The number of imidazole rings is 1. The van der Waals surface area contributed by atoms with Gasteiger partial charge < -0.3 is 9.88 Å². The second-order valence-corrected chi connectivity index (χ2v) is 3.55. The normalized spacial score (nSPS) is 21.7. The highest BCUT2D eigenvalue weighted by molar-refractivity contribution is 5.31. The summed E-state index contributed by atoms with van der Waals surface area (Å²) >= 11 is 0. The van der Waals surface area contributed by atoms with E-state index in [1.807, 2.05) is 0 Å². The van der Waals surface area contributed by atoms with E-state index >= 15 is 0 Å². The van der Waals surface area contributed by atoms with Gasteiger partial charge in [0.05, 0.1) is 5.69 Å². The molecule has 1 aromatic rings. The van der Waals surface area contributed by atoms with Crippen molar-refractivity contribution in [2.75, 3.05) is 11.9 Å². The van der Waals surface area contributed by atoms with E-state index in [-0.39, 0.29) is 0 Å². The van der Waals surface area contributed by atoms with Gasteiger partial charge in [0.2, 0.25) is 5.95 Å². The number of aryl methyl sites for hydroxylation is 1. The predicted molar refractivity (Wildman–Crippen MR) is 49.3 cm³/mol. The Labute approximate surface area is 72.8 Å². The lowest BCUT2D eigenvalue weighted by atomic mass is 10.1. The third-order valence-corrected chi connectivity index (χ3v) is 2.31. The predicted octanol–water partition coefficient (Wildman–Crippen LogP) is 1.51. The third-order valence-electron chi connectivity index (χ3n) is 2.31. The Balaban J connectivity index is 2.28. The van der Waals surface area contributed by atoms with Gasteiger partial charge in [0, 0.05) is 19.3 Å². The molecule has 2 rings (SSSR count). The van der Waals surface area contributed by atoms with Crippen LogP contribution in [0.5, 0.6) is 0 Å². The lowest BCUT2D eigenvalue weighted by Gasteiger charge is -2.21. The van der Waals surface area contributed by atoms with E-state index in [1.54, 1.807) is 0 Å². The molecule has 0 spiro atoms. The summed E-state index contributed by atoms with van der Waals surface area (Å²) in [5.41, 5.74) is 1.19. The summed E-state index contributed by atoms with van der Waals surface area (Å²) in [6, 6.07) is 0. The Morgan fingerprint density at radius 2 is 2.58 bits per heavy atom. The minimum atomic E-state index is 0.719. The van der Waals surface area contributed by atoms with Crippen LogP contribution in [0.2, 0.25) is 0 Å². The molecule has 2 heterocycles. The lowest BCUT2D eigenvalue weighted by molar-refractivity contribution is 0.477. The molecule has 0 saturated heterocycles. The molecule has 1 atom stereocenters. The molecule has 0 bridgehead atoms. The van der Waals surface area contributed by atoms with Crippen molar-refractivity contribution in [1.29, 1.82) is 0 Å². The lowest BCUT2D eigenvalue weighted by Crippen LogP contribution is -2.24. The van der Waals surface area contributed by atoms with E-state index in [2.05, 4.69) is 34.9 Å². The molecule has 66 valence electrons. The number of hydrogen-bond acceptors (Lipinski definition) is 2. The van der Waals surface area contributed by atoms with Crippen LogP contribution >= 0.6 is 0 Å². The van der Waals surface area contributed by atoms with Crippen molar-refractivity contribution in [2.45, 2.75) is 26.8 Å². The van der Waals surface area contributed by atoms with Gasteiger partial charge in [0.15, 0.2) is 0 Å². The molecule has 1 unspecified atom stereocenters. The highest BCUT2D eigenvalue weighted by Gasteiger charge is 2.15. The fraction of sp³-hybridized carbons (Fsp3) is 0.667. The first kappa shape index (κ1) is 7.65. The van der Waals surface area contributed by atoms with Crippen molar-refractivity contribution >= 4 is 5.95 Å². The van der Waals surface area contributed by atoms with Gasteiger partial charge in [-0.1, -0.05) is 13.8 Å². The molecule has 1 aromatic heterocycles. The van der Waals surface area contributed by atoms with Crippen LogP contribution in [-0.4, -0.2) is 16.1 Å². The van der Waals surface area contributed by atoms with Gasteiger partial charge in [-0.25, -0.2) is 4.98 Å². The minimum absolute atomic E-state index is 0.719. The highest BCUT2D eigenvalue weighted by atomic mass is 15.2. The quantitative estimate of drug-likeness (QED) is 0.683. The Morgan fingerprint density at radius 3 is 3.33 bits per heavy atom. The van der Waals surface area contributed by atoms with Gasteiger partial charge in [0.25, 0.3) is 0 Å². The number of nitrogens with one attached hydrogen (secondary N) is 1. The van der Waals surface area contributed by atoms with E-state index in [9.17, 15) is 0 Å². The molecule has 1 N–H and O–H groups in total. The van der Waals surface area contributed by atoms with Gasteiger partial charge in [0.1, 0.15) is 0 Å². The van der Waals surface area contributed by atoms with Crippen molar-refractivity contribution in [3.63, 3.8) is 0 Å². The van der Waals surface area contributed by atoms with E-state index in [4.69, 9.17) is 0 Å². The molecule has 0 saturated carbocycles. The zero-order valence-corrected chi connectivity index (χ0v) is 7.67. The first-order valence-electron chi connectivity index (χ1n) is 4.59. The van der Waals surface area contributed by atoms with Crippen molar-refractivity contribution in [2.24, 2.45) is 5.92 Å². The first-order valence-corrected chi connectivity index (χ1v) is 4.59. The number of rotatable bonds is 1. The van der Waals surface area contributed by atoms with Crippen LogP contribution < -0.4 is 5.32 Å². The summed E-state index contributed by atoms with van der Waals surface area (Å²) in [4.78, 5) is 4.46. The van der Waals surface area contributed by atoms with Gasteiger partial charge in [-0.05, 0) is 12.3 Å². The van der Waals surface area contributed by atoms with Crippen LogP contribution in [0.3, 0.4) is 0 Å². The molecule has 0 fully saturated rings. The fourth-order valence-electron chi connectivity index (χ4n) is 1.59. The monoisotopic (exact) mass is 165 g/mol. The van der Waals surface area contributed by atoms with Crippen molar-refractivity contribution < 1.29 is 0 Å². The fourth-order valence-corrected chi connectivity index (χ4v) is 1.59. The van der Waals surface area contributed by atoms with Crippen LogP contribution in [0.15, 0.2) is 6.20 Å². The topological polar surface area (TPSA) is 29.9 Å². The summed E-state index contributed by atoms with van der Waals surface area (Å²) in [7, 11) is 0. The van der Waals surface area contributed by atoms with Crippen LogP contribution in [0.4, 0.5) is 5.95 Å². The maximum absolute atomic E-state index is 4.46. The number of fused-ring (bicyclic) bond motifs is 1. The summed E-state index contributed by atoms with van der Waals surface area (Å²) in [5, 5.41) is 3.32. The van der Waals surface area contributed by atoms with Crippen molar-refractivity contribution in [1.82, 2.24) is 9.55 Å². The molecule has 0 aliphatic carbocycles. The largest absolute Gasteiger partial charge is 0.355 e. The van der Waals surface area contributed by atoms with Crippen LogP contribution in [-0.2, 0) is 13.0 Å².